The summed E-state index contributed by atoms with van der Waals surface area (Å²) in [5.74, 6) is 0. The van der Waals surface area contributed by atoms with E-state index < -0.39 is 0 Å². The van der Waals surface area contributed by atoms with Gasteiger partial charge in [-0.2, -0.15) is 0 Å². The molecule has 0 saturated heterocycles. The average Bonchev–Trinajstić information content (AvgIpc) is 1.91. The van der Waals surface area contributed by atoms with Crippen LogP contribution in [0.4, 0.5) is 0 Å². The van der Waals surface area contributed by atoms with E-state index in [2.05, 4.69) is 29.9 Å². The summed E-state index contributed by atoms with van der Waals surface area (Å²) in [4.78, 5) is 0. The van der Waals surface area contributed by atoms with E-state index in [1.807, 2.05) is 0 Å². The summed E-state index contributed by atoms with van der Waals surface area (Å²) >= 11 is 1.16. The second-order valence-corrected chi connectivity index (χ2v) is 3.11. The number of halogens is 2. The van der Waals surface area contributed by atoms with Crippen LogP contribution < -0.4 is 1.21 Å². The zero-order valence-corrected chi connectivity index (χ0v) is 9.77. The van der Waals surface area contributed by atoms with Crippen molar-refractivity contribution in [3.8, 4) is 0 Å². The van der Waals surface area contributed by atoms with Crippen LogP contribution in [0.5, 0.6) is 0 Å². The molecule has 1 heterocycles. The van der Waals surface area contributed by atoms with Crippen LogP contribution in [0, 0.1) is 39.6 Å². The van der Waals surface area contributed by atoms with Crippen molar-refractivity contribution < 1.29 is 39.6 Å². The molecule has 0 aromatic carbocycles. The van der Waals surface area contributed by atoms with Crippen LogP contribution >= 0.6 is 24.8 Å². The van der Waals surface area contributed by atoms with Gasteiger partial charge in [-0.3, -0.25) is 0 Å². The Morgan fingerprint density at radius 1 is 1.44 bits per heavy atom. The SMILES string of the molecule is Cl.Cl.Cn1ccc[c]1[Ce]. The summed E-state index contributed by atoms with van der Waals surface area (Å²) in [6.45, 7) is 0. The molecule has 9 heavy (non-hydrogen) atoms. The molecule has 0 atom stereocenters. The molecule has 0 aliphatic carbocycles. The van der Waals surface area contributed by atoms with E-state index in [-0.39, 0.29) is 24.8 Å². The molecule has 0 N–H and O–H groups in total. The summed E-state index contributed by atoms with van der Waals surface area (Å²) in [5.41, 5.74) is 0. The molecule has 1 rings (SSSR count). The summed E-state index contributed by atoms with van der Waals surface area (Å²) in [5, 5.41) is 0. The third-order valence-corrected chi connectivity index (χ3v) is 2.57. The third-order valence-electron chi connectivity index (χ3n) is 0.944. The first-order chi connectivity index (χ1) is 3.30. The molecule has 0 spiro atoms. The maximum absolute atomic E-state index is 2.15. The number of hydrogen-bond donors (Lipinski definition) is 0. The molecule has 0 aliphatic heterocycles. The van der Waals surface area contributed by atoms with Gasteiger partial charge in [-0.05, 0) is 0 Å². The molecule has 0 aliphatic rings. The van der Waals surface area contributed by atoms with Crippen molar-refractivity contribution in [2.45, 2.75) is 0 Å². The maximum atomic E-state index is 2.15. The molecule has 4 heteroatoms. The summed E-state index contributed by atoms with van der Waals surface area (Å²) < 4.78 is 3.59. The van der Waals surface area contributed by atoms with Crippen LogP contribution in [0.2, 0.25) is 0 Å². The Morgan fingerprint density at radius 3 is 2.11 bits per heavy atom. The van der Waals surface area contributed by atoms with Gasteiger partial charge < -0.3 is 0 Å². The van der Waals surface area contributed by atoms with Gasteiger partial charge >= 0.3 is 70.8 Å². The fourth-order valence-electron chi connectivity index (χ4n) is 0.461. The van der Waals surface area contributed by atoms with E-state index in [4.69, 9.17) is 0 Å². The molecule has 0 amide bonds. The zero-order valence-electron chi connectivity index (χ0n) is 5.00. The van der Waals surface area contributed by atoms with Crippen molar-refractivity contribution in [2.24, 2.45) is 7.05 Å². The fourth-order valence-corrected chi connectivity index (χ4v) is 0.997. The van der Waals surface area contributed by atoms with E-state index in [9.17, 15) is 0 Å². The average molecular weight is 293 g/mol. The van der Waals surface area contributed by atoms with E-state index in [1.54, 1.807) is 0 Å². The van der Waals surface area contributed by atoms with Gasteiger partial charge in [0, 0.05) is 0 Å². The molecule has 51 valence electrons. The number of aromatic nitrogens is 1. The Hall–Kier alpha value is 1.24. The van der Waals surface area contributed by atoms with Gasteiger partial charge in [0.05, 0.1) is 0 Å². The van der Waals surface area contributed by atoms with E-state index >= 15 is 0 Å². The van der Waals surface area contributed by atoms with Gasteiger partial charge in [-0.25, -0.2) is 0 Å². The molecule has 0 radical (unpaired) electrons. The predicted molar refractivity (Wildman–Crippen MR) is 39.5 cm³/mol. The zero-order chi connectivity index (χ0) is 5.28. The van der Waals surface area contributed by atoms with Crippen molar-refractivity contribution in [1.29, 1.82) is 0 Å². The molecule has 0 fully saturated rings. The predicted octanol–water partition coefficient (Wildman–Crippen LogP) is 1.04. The van der Waals surface area contributed by atoms with Crippen LogP contribution in [0.25, 0.3) is 0 Å². The first-order valence-electron chi connectivity index (χ1n) is 2.13. The first-order valence-corrected chi connectivity index (χ1v) is 3.70. The Bertz CT molecular complexity index is 147. The standard InChI is InChI=1S/C5H6N.Ce.2ClH/c1-6-4-2-3-5-6;;;/h2-4H,1H3;;2*1H. The van der Waals surface area contributed by atoms with E-state index in [1.165, 1.54) is 1.21 Å². The van der Waals surface area contributed by atoms with E-state index in [0.29, 0.717) is 0 Å². The van der Waals surface area contributed by atoms with Crippen LogP contribution in [0.1, 0.15) is 0 Å². The minimum atomic E-state index is 0. The third kappa shape index (κ3) is 3.83. The molecule has 1 aromatic rings. The molecule has 1 aromatic heterocycles. The topological polar surface area (TPSA) is 4.93 Å². The monoisotopic (exact) mass is 292 g/mol. The van der Waals surface area contributed by atoms with Gasteiger partial charge in [0.2, 0.25) is 0 Å². The molecule has 0 saturated carbocycles. The van der Waals surface area contributed by atoms with Crippen molar-refractivity contribution in [3.05, 3.63) is 18.3 Å². The molecule has 0 bridgehead atoms. The van der Waals surface area contributed by atoms with Crippen LogP contribution in [-0.2, 0) is 7.05 Å². The summed E-state index contributed by atoms with van der Waals surface area (Å²) in [7, 11) is 2.07. The van der Waals surface area contributed by atoms with Crippen LogP contribution in [0.15, 0.2) is 18.3 Å². The first kappa shape index (κ1) is 12.9. The Kier molecular flexibility index (Phi) is 8.55. The van der Waals surface area contributed by atoms with Gasteiger partial charge in [0.15, 0.2) is 0 Å². The minimum absolute atomic E-state index is 0. The van der Waals surface area contributed by atoms with Gasteiger partial charge in [-0.15, -0.1) is 24.8 Å². The Morgan fingerprint density at radius 2 is 2.00 bits per heavy atom. The van der Waals surface area contributed by atoms with Crippen molar-refractivity contribution in [3.63, 3.8) is 0 Å². The fraction of sp³-hybridized carbons (Fsp3) is 0.200. The van der Waals surface area contributed by atoms with Gasteiger partial charge in [0.1, 0.15) is 0 Å². The normalized spacial score (nSPS) is 7.11. The van der Waals surface area contributed by atoms with Gasteiger partial charge in [-0.1, -0.05) is 0 Å². The molecular weight excluding hydrogens is 285 g/mol. The van der Waals surface area contributed by atoms with Crippen molar-refractivity contribution >= 4 is 26.0 Å². The van der Waals surface area contributed by atoms with Crippen molar-refractivity contribution in [2.75, 3.05) is 0 Å². The second kappa shape index (κ2) is 5.98. The molecule has 0 unspecified atom stereocenters. The second-order valence-electron chi connectivity index (χ2n) is 1.50. The van der Waals surface area contributed by atoms with Gasteiger partial charge in [0.25, 0.3) is 0 Å². The number of rotatable bonds is 0. The summed E-state index contributed by atoms with van der Waals surface area (Å²) in [6.07, 6.45) is 2.07. The van der Waals surface area contributed by atoms with Crippen LogP contribution in [0.3, 0.4) is 0 Å². The Balaban J connectivity index is 0. The number of nitrogens with zero attached hydrogens (tertiary/aromatic N) is 1. The quantitative estimate of drug-likeness (QED) is 0.674. The van der Waals surface area contributed by atoms with Crippen LogP contribution in [-0.4, -0.2) is 4.57 Å². The summed E-state index contributed by atoms with van der Waals surface area (Å²) in [6, 6.07) is 4.22. The van der Waals surface area contributed by atoms with E-state index in [0.717, 1.165) is 39.6 Å². The Labute approximate surface area is 94.3 Å². The van der Waals surface area contributed by atoms with Crippen molar-refractivity contribution in [1.82, 2.24) is 4.57 Å². The number of hydrogen-bond acceptors (Lipinski definition) is 0. The molecule has 1 nitrogen and oxygen atoms in total. The number of aryl methyl sites for hydroxylation is 1. The molecular formula is C5H8CeCl2N.